The molecule has 0 spiro atoms. The van der Waals surface area contributed by atoms with Crippen molar-refractivity contribution < 1.29 is 24.3 Å². The van der Waals surface area contributed by atoms with Crippen LogP contribution >= 0.6 is 0 Å². The number of nitrogens with zero attached hydrogens (tertiary/aromatic N) is 1. The lowest BCUT2D eigenvalue weighted by atomic mass is 10.0. The zero-order valence-corrected chi connectivity index (χ0v) is 9.73. The molecule has 0 amide bonds. The molecule has 0 radical (unpaired) electrons. The van der Waals surface area contributed by atoms with Crippen LogP contribution in [0.3, 0.4) is 0 Å². The molecule has 6 nitrogen and oxygen atoms in total. The number of hydrogen-bond donors (Lipinski definition) is 1. The highest BCUT2D eigenvalue weighted by Gasteiger charge is 2.28. The van der Waals surface area contributed by atoms with Gasteiger partial charge in [-0.15, -0.1) is 0 Å². The summed E-state index contributed by atoms with van der Waals surface area (Å²) in [4.78, 5) is 22.7. The molecule has 16 heavy (non-hydrogen) atoms. The third-order valence-corrected chi connectivity index (χ3v) is 2.02. The van der Waals surface area contributed by atoms with Gasteiger partial charge in [-0.3, -0.25) is 9.59 Å². The largest absolute Gasteiger partial charge is 0.468 e. The first-order valence-electron chi connectivity index (χ1n) is 4.98. The third-order valence-electron chi connectivity index (χ3n) is 2.02. The van der Waals surface area contributed by atoms with Crippen molar-refractivity contribution in [2.75, 3.05) is 13.7 Å². The molecule has 0 bridgehead atoms. The zero-order chi connectivity index (χ0) is 12.6. The van der Waals surface area contributed by atoms with Crippen LogP contribution in [0.15, 0.2) is 5.16 Å². The summed E-state index contributed by atoms with van der Waals surface area (Å²) in [7, 11) is 1.21. The van der Waals surface area contributed by atoms with Gasteiger partial charge in [-0.2, -0.15) is 0 Å². The molecule has 0 aromatic heterocycles. The number of rotatable bonds is 6. The van der Waals surface area contributed by atoms with Crippen molar-refractivity contribution in [3.63, 3.8) is 0 Å². The number of methoxy groups -OCH3 is 1. The molecular formula is C10H17NO5. The van der Waals surface area contributed by atoms with E-state index in [0.29, 0.717) is 12.1 Å². The van der Waals surface area contributed by atoms with Gasteiger partial charge in [0.05, 0.1) is 19.4 Å². The molecule has 1 atom stereocenters. The molecule has 0 saturated heterocycles. The Kier molecular flexibility index (Phi) is 6.91. The summed E-state index contributed by atoms with van der Waals surface area (Å²) in [6, 6.07) is 0. The number of esters is 2. The molecule has 0 rings (SSSR count). The van der Waals surface area contributed by atoms with Crippen LogP contribution < -0.4 is 0 Å². The zero-order valence-electron chi connectivity index (χ0n) is 9.73. The molecule has 1 unspecified atom stereocenters. The van der Waals surface area contributed by atoms with Crippen LogP contribution in [-0.2, 0) is 19.1 Å². The fourth-order valence-electron chi connectivity index (χ4n) is 1.12. The van der Waals surface area contributed by atoms with Crippen LogP contribution in [0.2, 0.25) is 0 Å². The molecule has 6 heteroatoms. The van der Waals surface area contributed by atoms with Gasteiger partial charge in [-0.25, -0.2) is 0 Å². The van der Waals surface area contributed by atoms with Gasteiger partial charge in [0.2, 0.25) is 0 Å². The summed E-state index contributed by atoms with van der Waals surface area (Å²) in [6.45, 7) is 3.46. The summed E-state index contributed by atoms with van der Waals surface area (Å²) in [5, 5.41) is 11.4. The highest BCUT2D eigenvalue weighted by atomic mass is 16.5. The molecule has 92 valence electrons. The Balaban J connectivity index is 4.43. The van der Waals surface area contributed by atoms with Crippen molar-refractivity contribution in [2.24, 2.45) is 11.1 Å². The molecule has 0 aliphatic carbocycles. The average Bonchev–Trinajstić information content (AvgIpc) is 2.28. The maximum atomic E-state index is 11.4. The van der Waals surface area contributed by atoms with Crippen molar-refractivity contribution in [1.82, 2.24) is 0 Å². The maximum absolute atomic E-state index is 11.4. The quantitative estimate of drug-likeness (QED) is 0.242. The van der Waals surface area contributed by atoms with Crippen LogP contribution in [0.25, 0.3) is 0 Å². The van der Waals surface area contributed by atoms with Gasteiger partial charge in [0.25, 0.3) is 0 Å². The Hall–Kier alpha value is -1.59. The van der Waals surface area contributed by atoms with Gasteiger partial charge in [0.1, 0.15) is 0 Å². The Morgan fingerprint density at radius 2 is 2.00 bits per heavy atom. The van der Waals surface area contributed by atoms with Gasteiger partial charge < -0.3 is 14.7 Å². The Morgan fingerprint density at radius 1 is 1.38 bits per heavy atom. The van der Waals surface area contributed by atoms with Crippen LogP contribution in [-0.4, -0.2) is 36.6 Å². The minimum atomic E-state index is -0.957. The number of carbonyl (C=O) groups excluding carboxylic acids is 2. The van der Waals surface area contributed by atoms with E-state index < -0.39 is 17.9 Å². The molecule has 0 saturated carbocycles. The van der Waals surface area contributed by atoms with Gasteiger partial charge in [-0.05, 0) is 26.7 Å². The lowest BCUT2D eigenvalue weighted by Gasteiger charge is -2.12. The van der Waals surface area contributed by atoms with Crippen molar-refractivity contribution in [3.05, 3.63) is 0 Å². The van der Waals surface area contributed by atoms with E-state index in [1.54, 1.807) is 13.8 Å². The minimum absolute atomic E-state index is 0.208. The Morgan fingerprint density at radius 3 is 2.44 bits per heavy atom. The van der Waals surface area contributed by atoms with Crippen molar-refractivity contribution >= 4 is 17.7 Å². The van der Waals surface area contributed by atoms with Crippen LogP contribution in [0.5, 0.6) is 0 Å². The summed E-state index contributed by atoms with van der Waals surface area (Å²) < 4.78 is 9.25. The molecule has 1 N–H and O–H groups in total. The predicted octanol–water partition coefficient (Wildman–Crippen LogP) is 0.969. The highest BCUT2D eigenvalue weighted by Crippen LogP contribution is 2.11. The summed E-state index contributed by atoms with van der Waals surface area (Å²) in [5.74, 6) is -2.20. The highest BCUT2D eigenvalue weighted by molar-refractivity contribution is 5.95. The monoisotopic (exact) mass is 231 g/mol. The van der Waals surface area contributed by atoms with Crippen molar-refractivity contribution in [3.8, 4) is 0 Å². The van der Waals surface area contributed by atoms with Crippen LogP contribution in [0.4, 0.5) is 0 Å². The summed E-state index contributed by atoms with van der Waals surface area (Å²) in [6.07, 6.45) is 0.538. The summed E-state index contributed by atoms with van der Waals surface area (Å²) in [5.41, 5.74) is 0.443. The number of carbonyl (C=O) groups is 2. The van der Waals surface area contributed by atoms with E-state index in [1.807, 2.05) is 0 Å². The molecule has 0 aliphatic heterocycles. The fraction of sp³-hybridized carbons (Fsp3) is 0.700. The molecule has 0 heterocycles. The average molecular weight is 231 g/mol. The minimum Gasteiger partial charge on any atom is -0.468 e. The first kappa shape index (κ1) is 14.4. The van der Waals surface area contributed by atoms with Crippen LogP contribution in [0.1, 0.15) is 26.7 Å². The van der Waals surface area contributed by atoms with Gasteiger partial charge >= 0.3 is 11.9 Å². The SMILES string of the molecule is CCOC(=O)C(CC/C(C)=N/O)C(=O)OC. The van der Waals surface area contributed by atoms with E-state index >= 15 is 0 Å². The number of ether oxygens (including phenoxy) is 2. The second kappa shape index (κ2) is 7.67. The topological polar surface area (TPSA) is 85.2 Å². The Labute approximate surface area is 94.2 Å². The lowest BCUT2D eigenvalue weighted by Crippen LogP contribution is -2.27. The smallest absolute Gasteiger partial charge is 0.320 e. The Bertz CT molecular complexity index is 274. The lowest BCUT2D eigenvalue weighted by molar-refractivity contribution is -0.160. The third kappa shape index (κ3) is 4.77. The van der Waals surface area contributed by atoms with E-state index in [2.05, 4.69) is 9.89 Å². The first-order chi connectivity index (χ1) is 7.56. The van der Waals surface area contributed by atoms with E-state index in [1.165, 1.54) is 7.11 Å². The molecule has 0 aliphatic rings. The predicted molar refractivity (Wildman–Crippen MR) is 56.3 cm³/mol. The van der Waals surface area contributed by atoms with Gasteiger partial charge in [-0.1, -0.05) is 5.16 Å². The second-order valence-electron chi connectivity index (χ2n) is 3.20. The molecular weight excluding hydrogens is 214 g/mol. The molecule has 0 aromatic carbocycles. The standard InChI is InChI=1S/C10H17NO5/c1-4-16-10(13)8(9(12)15-3)6-5-7(2)11-14/h8,14H,4-6H2,1-3H3/b11-7+. The van der Waals surface area contributed by atoms with Crippen LogP contribution in [0, 0.1) is 5.92 Å². The van der Waals surface area contributed by atoms with Gasteiger partial charge in [0.15, 0.2) is 5.92 Å². The van der Waals surface area contributed by atoms with E-state index in [0.717, 1.165) is 0 Å². The number of oxime groups is 1. The van der Waals surface area contributed by atoms with E-state index in [-0.39, 0.29) is 13.0 Å². The second-order valence-corrected chi connectivity index (χ2v) is 3.20. The van der Waals surface area contributed by atoms with Gasteiger partial charge in [0, 0.05) is 0 Å². The molecule has 0 aromatic rings. The summed E-state index contributed by atoms with van der Waals surface area (Å²) >= 11 is 0. The maximum Gasteiger partial charge on any atom is 0.320 e. The fourth-order valence-corrected chi connectivity index (χ4v) is 1.12. The van der Waals surface area contributed by atoms with Crippen molar-refractivity contribution in [1.29, 1.82) is 0 Å². The number of hydrogen-bond acceptors (Lipinski definition) is 6. The first-order valence-corrected chi connectivity index (χ1v) is 4.98. The molecule has 0 fully saturated rings. The normalized spacial score (nSPS) is 13.1. The van der Waals surface area contributed by atoms with E-state index in [4.69, 9.17) is 9.94 Å². The van der Waals surface area contributed by atoms with E-state index in [9.17, 15) is 9.59 Å². The van der Waals surface area contributed by atoms with Crippen molar-refractivity contribution in [2.45, 2.75) is 26.7 Å².